The lowest BCUT2D eigenvalue weighted by Gasteiger charge is -2.24. The molecule has 1 aromatic heterocycles. The molecule has 0 radical (unpaired) electrons. The zero-order valence-corrected chi connectivity index (χ0v) is 12.3. The maximum absolute atomic E-state index is 13.7. The number of halogens is 1. The Morgan fingerprint density at radius 1 is 1.60 bits per heavy atom. The Morgan fingerprint density at radius 3 is 3.00 bits per heavy atom. The molecule has 0 bridgehead atoms. The number of nitrogens with zero attached hydrogens (tertiary/aromatic N) is 2. The first-order valence-corrected chi connectivity index (χ1v) is 7.10. The summed E-state index contributed by atoms with van der Waals surface area (Å²) in [4.78, 5) is 18.1. The molecule has 1 aliphatic rings. The normalized spacial score (nSPS) is 19.2. The van der Waals surface area contributed by atoms with Gasteiger partial charge in [0.1, 0.15) is 0 Å². The molecule has 4 nitrogen and oxygen atoms in total. The highest BCUT2D eigenvalue weighted by molar-refractivity contribution is 5.82. The van der Waals surface area contributed by atoms with Crippen LogP contribution in [0.25, 0.3) is 0 Å². The second-order valence-electron chi connectivity index (χ2n) is 5.95. The Morgan fingerprint density at radius 2 is 2.35 bits per heavy atom. The van der Waals surface area contributed by atoms with Crippen LogP contribution < -0.4 is 10.2 Å². The van der Waals surface area contributed by atoms with E-state index in [1.807, 2.05) is 25.7 Å². The van der Waals surface area contributed by atoms with Crippen molar-refractivity contribution in [1.82, 2.24) is 10.3 Å². The van der Waals surface area contributed by atoms with E-state index in [1.165, 1.54) is 6.07 Å². The monoisotopic (exact) mass is 279 g/mol. The molecule has 1 aliphatic heterocycles. The largest absolute Gasteiger partial charge is 0.352 e. The van der Waals surface area contributed by atoms with Gasteiger partial charge in [-0.3, -0.25) is 4.79 Å². The summed E-state index contributed by atoms with van der Waals surface area (Å²) in [5.41, 5.74) is -0.357. The van der Waals surface area contributed by atoms with Gasteiger partial charge in [-0.2, -0.15) is 0 Å². The predicted molar refractivity (Wildman–Crippen MR) is 77.0 cm³/mol. The van der Waals surface area contributed by atoms with E-state index >= 15 is 0 Å². The molecule has 5 heteroatoms. The van der Waals surface area contributed by atoms with Crippen LogP contribution in [0.3, 0.4) is 0 Å². The molecule has 0 spiro atoms. The third kappa shape index (κ3) is 3.08. The first kappa shape index (κ1) is 14.8. The van der Waals surface area contributed by atoms with Crippen molar-refractivity contribution in [3.63, 3.8) is 0 Å². The summed E-state index contributed by atoms with van der Waals surface area (Å²) in [6.45, 7) is 7.20. The molecule has 0 aliphatic carbocycles. The molecule has 1 amide bonds. The van der Waals surface area contributed by atoms with Gasteiger partial charge >= 0.3 is 0 Å². The Bertz CT molecular complexity index is 490. The van der Waals surface area contributed by atoms with Crippen molar-refractivity contribution >= 4 is 11.7 Å². The van der Waals surface area contributed by atoms with E-state index in [4.69, 9.17) is 0 Å². The molecule has 0 unspecified atom stereocenters. The van der Waals surface area contributed by atoms with Crippen LogP contribution in [0, 0.1) is 11.2 Å². The second-order valence-corrected chi connectivity index (χ2v) is 5.95. The number of nitrogens with one attached hydrogen (secondary N) is 1. The van der Waals surface area contributed by atoms with Crippen LogP contribution in [0.5, 0.6) is 0 Å². The van der Waals surface area contributed by atoms with Gasteiger partial charge in [-0.15, -0.1) is 0 Å². The quantitative estimate of drug-likeness (QED) is 0.920. The first-order valence-electron chi connectivity index (χ1n) is 7.10. The third-order valence-corrected chi connectivity index (χ3v) is 4.06. The molecule has 1 aromatic rings. The molecular weight excluding hydrogens is 257 g/mol. The molecule has 20 heavy (non-hydrogen) atoms. The van der Waals surface area contributed by atoms with Crippen molar-refractivity contribution in [2.24, 2.45) is 5.41 Å². The van der Waals surface area contributed by atoms with E-state index in [-0.39, 0.29) is 23.2 Å². The minimum absolute atomic E-state index is 0.0633. The summed E-state index contributed by atoms with van der Waals surface area (Å²) < 4.78 is 13.7. The highest BCUT2D eigenvalue weighted by Gasteiger charge is 2.31. The molecular formula is C15H22FN3O. The summed E-state index contributed by atoms with van der Waals surface area (Å²) in [7, 11) is 0. The van der Waals surface area contributed by atoms with E-state index < -0.39 is 0 Å². The van der Waals surface area contributed by atoms with Gasteiger partial charge in [-0.25, -0.2) is 9.37 Å². The first-order chi connectivity index (χ1) is 9.44. The number of hydrogen-bond donors (Lipinski definition) is 1. The fraction of sp³-hybridized carbons (Fsp3) is 0.600. The lowest BCUT2D eigenvalue weighted by atomic mass is 9.89. The van der Waals surface area contributed by atoms with Gasteiger partial charge in [-0.05, 0) is 25.0 Å². The number of amides is 1. The fourth-order valence-electron chi connectivity index (χ4n) is 2.22. The van der Waals surface area contributed by atoms with E-state index in [9.17, 15) is 9.18 Å². The van der Waals surface area contributed by atoms with Crippen molar-refractivity contribution in [2.75, 3.05) is 18.0 Å². The van der Waals surface area contributed by atoms with Crippen LogP contribution in [0.2, 0.25) is 0 Å². The number of rotatable bonds is 4. The number of anilines is 1. The zero-order valence-electron chi connectivity index (χ0n) is 12.3. The molecule has 0 aromatic carbocycles. The van der Waals surface area contributed by atoms with Crippen molar-refractivity contribution in [1.29, 1.82) is 0 Å². The maximum atomic E-state index is 13.7. The average molecular weight is 279 g/mol. The van der Waals surface area contributed by atoms with Crippen molar-refractivity contribution in [3.8, 4) is 0 Å². The van der Waals surface area contributed by atoms with E-state index in [0.29, 0.717) is 18.9 Å². The Hall–Kier alpha value is -1.65. The Balaban J connectivity index is 1.97. The highest BCUT2D eigenvalue weighted by Crippen LogP contribution is 2.23. The van der Waals surface area contributed by atoms with Gasteiger partial charge in [0.15, 0.2) is 11.6 Å². The lowest BCUT2D eigenvalue weighted by molar-refractivity contribution is -0.130. The predicted octanol–water partition coefficient (Wildman–Crippen LogP) is 2.35. The number of hydrogen-bond acceptors (Lipinski definition) is 3. The fourth-order valence-corrected chi connectivity index (χ4v) is 2.22. The third-order valence-electron chi connectivity index (χ3n) is 4.06. The van der Waals surface area contributed by atoms with Gasteiger partial charge in [-0.1, -0.05) is 20.8 Å². The van der Waals surface area contributed by atoms with Gasteiger partial charge < -0.3 is 10.2 Å². The summed E-state index contributed by atoms with van der Waals surface area (Å²) in [6, 6.07) is 3.06. The molecule has 2 heterocycles. The molecule has 110 valence electrons. The van der Waals surface area contributed by atoms with Crippen molar-refractivity contribution < 1.29 is 9.18 Å². The standard InChI is InChI=1S/C15H22FN3O/c1-4-15(2,3)14(20)18-11-7-9-19(10-11)13-12(16)6-5-8-17-13/h5-6,8,11H,4,7,9-10H2,1-3H3,(H,18,20)/t11-/m0/s1. The van der Waals surface area contributed by atoms with Crippen LogP contribution in [0.15, 0.2) is 18.3 Å². The number of carbonyl (C=O) groups excluding carboxylic acids is 1. The summed E-state index contributed by atoms with van der Waals surface area (Å²) in [5, 5.41) is 3.06. The van der Waals surface area contributed by atoms with E-state index in [2.05, 4.69) is 10.3 Å². The van der Waals surface area contributed by atoms with Gasteiger partial charge in [0, 0.05) is 30.7 Å². The van der Waals surface area contributed by atoms with E-state index in [0.717, 1.165) is 12.8 Å². The van der Waals surface area contributed by atoms with Crippen LogP contribution in [-0.2, 0) is 4.79 Å². The maximum Gasteiger partial charge on any atom is 0.225 e. The molecule has 2 rings (SSSR count). The van der Waals surface area contributed by atoms with Crippen LogP contribution in [0.4, 0.5) is 10.2 Å². The zero-order chi connectivity index (χ0) is 14.8. The average Bonchev–Trinajstić information content (AvgIpc) is 2.87. The molecule has 1 saturated heterocycles. The van der Waals surface area contributed by atoms with Gasteiger partial charge in [0.25, 0.3) is 0 Å². The molecule has 0 saturated carbocycles. The van der Waals surface area contributed by atoms with Crippen molar-refractivity contribution in [3.05, 3.63) is 24.1 Å². The Kier molecular flexibility index (Phi) is 4.26. The highest BCUT2D eigenvalue weighted by atomic mass is 19.1. The summed E-state index contributed by atoms with van der Waals surface area (Å²) in [5.74, 6) is 0.126. The molecule has 1 fully saturated rings. The second kappa shape index (κ2) is 5.77. The lowest BCUT2D eigenvalue weighted by Crippen LogP contribution is -2.44. The molecule has 1 atom stereocenters. The summed E-state index contributed by atoms with van der Waals surface area (Å²) >= 11 is 0. The minimum Gasteiger partial charge on any atom is -0.352 e. The number of carbonyl (C=O) groups is 1. The number of pyridine rings is 1. The van der Waals surface area contributed by atoms with Crippen molar-refractivity contribution in [2.45, 2.75) is 39.7 Å². The SMILES string of the molecule is CCC(C)(C)C(=O)N[C@H]1CCN(c2ncccc2F)C1. The Labute approximate surface area is 119 Å². The van der Waals surface area contributed by atoms with E-state index in [1.54, 1.807) is 12.3 Å². The van der Waals surface area contributed by atoms with Crippen LogP contribution >= 0.6 is 0 Å². The number of aromatic nitrogens is 1. The van der Waals surface area contributed by atoms with Gasteiger partial charge in [0.2, 0.25) is 5.91 Å². The van der Waals surface area contributed by atoms with Crippen LogP contribution in [0.1, 0.15) is 33.6 Å². The minimum atomic E-state index is -0.357. The molecule has 1 N–H and O–H groups in total. The summed E-state index contributed by atoms with van der Waals surface area (Å²) in [6.07, 6.45) is 3.20. The van der Waals surface area contributed by atoms with Crippen LogP contribution in [-0.4, -0.2) is 30.0 Å². The smallest absolute Gasteiger partial charge is 0.225 e. The van der Waals surface area contributed by atoms with Gasteiger partial charge in [0.05, 0.1) is 0 Å². The topological polar surface area (TPSA) is 45.2 Å².